The maximum atomic E-state index is 11.7. The molecule has 17 heteroatoms. The van der Waals surface area contributed by atoms with Gasteiger partial charge in [0.1, 0.15) is 19.3 Å². The SMILES string of the molecule is CC(=O)O[C@@H](C)C(=O)O[C@H](C)C(=O)O.CC(=O)O[C@@H](C)C(=O)O[C@H](C)C(=O)OCc1ccccc1.C[C@H](O)C(=O)O[C@H](C)C(=O)OCc1ccccc1. The molecule has 0 aliphatic rings. The van der Waals surface area contributed by atoms with E-state index in [1.807, 2.05) is 60.7 Å². The number of benzene rings is 2. The molecule has 17 nitrogen and oxygen atoms in total. The number of aliphatic hydroxyl groups is 1. The first-order chi connectivity index (χ1) is 24.7. The Kier molecular flexibility index (Phi) is 22.4. The summed E-state index contributed by atoms with van der Waals surface area (Å²) < 4.78 is 33.2. The molecule has 0 aromatic heterocycles. The molecule has 0 fully saturated rings. The zero-order valence-corrected chi connectivity index (χ0v) is 30.7. The number of carboxylic acid groups (broad SMARTS) is 1. The van der Waals surface area contributed by atoms with Gasteiger partial charge in [0.25, 0.3) is 0 Å². The van der Waals surface area contributed by atoms with Crippen LogP contribution in [0.5, 0.6) is 0 Å². The fourth-order valence-corrected chi connectivity index (χ4v) is 3.25. The van der Waals surface area contributed by atoms with Crippen LogP contribution in [0, 0.1) is 0 Å². The predicted molar refractivity (Wildman–Crippen MR) is 181 cm³/mol. The molecule has 2 aromatic rings. The van der Waals surface area contributed by atoms with Crippen molar-refractivity contribution in [3.05, 3.63) is 71.8 Å². The van der Waals surface area contributed by atoms with Crippen LogP contribution in [0.15, 0.2) is 60.7 Å². The van der Waals surface area contributed by atoms with E-state index in [9.17, 15) is 38.4 Å². The first-order valence-corrected chi connectivity index (χ1v) is 16.0. The zero-order chi connectivity index (χ0) is 40.7. The van der Waals surface area contributed by atoms with E-state index >= 15 is 0 Å². The van der Waals surface area contributed by atoms with E-state index in [2.05, 4.69) is 14.2 Å². The quantitative estimate of drug-likeness (QED) is 0.196. The van der Waals surface area contributed by atoms with Gasteiger partial charge in [0.05, 0.1) is 0 Å². The summed E-state index contributed by atoms with van der Waals surface area (Å²) in [7, 11) is 0. The molecule has 0 aliphatic heterocycles. The summed E-state index contributed by atoms with van der Waals surface area (Å²) in [5, 5.41) is 17.3. The Morgan fingerprint density at radius 2 is 0.774 bits per heavy atom. The zero-order valence-electron chi connectivity index (χ0n) is 30.7. The predicted octanol–water partition coefficient (Wildman–Crippen LogP) is 2.61. The number of carboxylic acids is 1. The summed E-state index contributed by atoms with van der Waals surface area (Å²) in [6.45, 7) is 10.5. The maximum Gasteiger partial charge on any atom is 0.347 e. The summed E-state index contributed by atoms with van der Waals surface area (Å²) in [5.74, 6) is -6.32. The highest BCUT2D eigenvalue weighted by Crippen LogP contribution is 2.07. The highest BCUT2D eigenvalue weighted by atomic mass is 16.6. The summed E-state index contributed by atoms with van der Waals surface area (Å²) in [6.07, 6.45) is -6.76. The van der Waals surface area contributed by atoms with E-state index in [4.69, 9.17) is 29.2 Å². The van der Waals surface area contributed by atoms with Crippen LogP contribution in [0.3, 0.4) is 0 Å². The number of aliphatic hydroxyl groups excluding tert-OH is 1. The Labute approximate surface area is 306 Å². The lowest BCUT2D eigenvalue weighted by atomic mass is 10.2. The van der Waals surface area contributed by atoms with Gasteiger partial charge in [-0.2, -0.15) is 0 Å². The van der Waals surface area contributed by atoms with Crippen molar-refractivity contribution < 1.29 is 81.7 Å². The molecule has 53 heavy (non-hydrogen) atoms. The average Bonchev–Trinajstić information content (AvgIpc) is 3.10. The second-order valence-electron chi connectivity index (χ2n) is 10.9. The number of hydrogen-bond acceptors (Lipinski definition) is 16. The van der Waals surface area contributed by atoms with E-state index in [1.165, 1.54) is 48.5 Å². The van der Waals surface area contributed by atoms with Crippen molar-refractivity contribution in [2.24, 2.45) is 0 Å². The van der Waals surface area contributed by atoms with Gasteiger partial charge in [-0.1, -0.05) is 60.7 Å². The molecular weight excluding hydrogens is 704 g/mol. The van der Waals surface area contributed by atoms with E-state index in [1.54, 1.807) is 0 Å². The Hall–Kier alpha value is -5.84. The molecule has 0 unspecified atom stereocenters. The molecule has 0 spiro atoms. The molecule has 0 amide bonds. The van der Waals surface area contributed by atoms with Crippen LogP contribution in [0.2, 0.25) is 0 Å². The van der Waals surface area contributed by atoms with Gasteiger partial charge in [0, 0.05) is 13.8 Å². The number of rotatable bonds is 15. The third kappa shape index (κ3) is 21.9. The fraction of sp³-hybridized carbons (Fsp3) is 0.444. The van der Waals surface area contributed by atoms with Crippen molar-refractivity contribution in [3.63, 3.8) is 0 Å². The Balaban J connectivity index is 0.000000782. The fourth-order valence-electron chi connectivity index (χ4n) is 3.25. The smallest absolute Gasteiger partial charge is 0.347 e. The van der Waals surface area contributed by atoms with Gasteiger partial charge in [0.2, 0.25) is 0 Å². The van der Waals surface area contributed by atoms with Crippen molar-refractivity contribution in [2.45, 2.75) is 105 Å². The first kappa shape index (κ1) is 47.2. The molecule has 2 aromatic carbocycles. The van der Waals surface area contributed by atoms with Crippen molar-refractivity contribution in [3.8, 4) is 0 Å². The molecule has 0 radical (unpaired) electrons. The third-order valence-electron chi connectivity index (χ3n) is 6.03. The van der Waals surface area contributed by atoms with Crippen molar-refractivity contribution >= 4 is 47.8 Å². The van der Waals surface area contributed by atoms with Gasteiger partial charge in [-0.05, 0) is 52.7 Å². The second kappa shape index (κ2) is 25.2. The molecule has 0 aliphatic carbocycles. The molecule has 2 rings (SSSR count). The summed E-state index contributed by atoms with van der Waals surface area (Å²) in [4.78, 5) is 88.3. The van der Waals surface area contributed by atoms with Gasteiger partial charge < -0.3 is 43.4 Å². The number of ether oxygens (including phenoxy) is 7. The standard InChI is InChI=1S/C15H18O6.C13H16O5.C8H12O6/c1-10(21-15(18)11(2)20-12(3)16)14(17)19-9-13-7-5-4-6-8-13;1-9(14)12(15)18-10(2)13(16)17-8-11-6-4-3-5-7-11;1-4(7(10)11)14-8(12)5(2)13-6(3)9/h4-8,10-11H,9H2,1-3H3;3-7,9-10,14H,8H2,1-2H3;4-5H,1-3H3,(H,10,11)/t10-,11+;9-,10+;4-,5+/m101/s1. The van der Waals surface area contributed by atoms with Gasteiger partial charge >= 0.3 is 47.8 Å². The second-order valence-corrected chi connectivity index (χ2v) is 10.9. The van der Waals surface area contributed by atoms with Gasteiger partial charge in [-0.15, -0.1) is 0 Å². The van der Waals surface area contributed by atoms with Crippen LogP contribution >= 0.6 is 0 Å². The van der Waals surface area contributed by atoms with Crippen LogP contribution in [0.1, 0.15) is 66.5 Å². The third-order valence-corrected chi connectivity index (χ3v) is 6.03. The molecular formula is C36H46O17. The van der Waals surface area contributed by atoms with Crippen LogP contribution in [-0.4, -0.2) is 94.6 Å². The number of esters is 7. The lowest BCUT2D eigenvalue weighted by Crippen LogP contribution is -2.32. The number of carbonyl (C=O) groups is 8. The van der Waals surface area contributed by atoms with E-state index < -0.39 is 84.4 Å². The Morgan fingerprint density at radius 3 is 1.08 bits per heavy atom. The molecule has 0 heterocycles. The van der Waals surface area contributed by atoms with Gasteiger partial charge in [-0.25, -0.2) is 28.8 Å². The molecule has 0 saturated heterocycles. The summed E-state index contributed by atoms with van der Waals surface area (Å²) in [6, 6.07) is 18.3. The topological polar surface area (TPSA) is 242 Å². The van der Waals surface area contributed by atoms with E-state index in [0.29, 0.717) is 0 Å². The van der Waals surface area contributed by atoms with Crippen molar-refractivity contribution in [1.29, 1.82) is 0 Å². The normalized spacial score (nSPS) is 13.4. The maximum absolute atomic E-state index is 11.7. The molecule has 0 bridgehead atoms. The van der Waals surface area contributed by atoms with Crippen molar-refractivity contribution in [1.82, 2.24) is 0 Å². The molecule has 292 valence electrons. The number of aliphatic carboxylic acids is 1. The van der Waals surface area contributed by atoms with Gasteiger partial charge in [-0.3, -0.25) is 9.59 Å². The van der Waals surface area contributed by atoms with Gasteiger partial charge in [0.15, 0.2) is 30.5 Å². The Bertz CT molecular complexity index is 1490. The Morgan fingerprint density at radius 1 is 0.472 bits per heavy atom. The number of hydrogen-bond donors (Lipinski definition) is 2. The highest BCUT2D eigenvalue weighted by Gasteiger charge is 2.25. The monoisotopic (exact) mass is 750 g/mol. The van der Waals surface area contributed by atoms with Crippen LogP contribution in [-0.2, 0) is 84.7 Å². The largest absolute Gasteiger partial charge is 0.479 e. The minimum absolute atomic E-state index is 0.0983. The van der Waals surface area contributed by atoms with E-state index in [-0.39, 0.29) is 13.2 Å². The van der Waals surface area contributed by atoms with E-state index in [0.717, 1.165) is 18.1 Å². The summed E-state index contributed by atoms with van der Waals surface area (Å²) >= 11 is 0. The van der Waals surface area contributed by atoms with Crippen LogP contribution < -0.4 is 0 Å². The highest BCUT2D eigenvalue weighted by molar-refractivity contribution is 5.83. The first-order valence-electron chi connectivity index (χ1n) is 16.0. The minimum atomic E-state index is -1.26. The molecule has 0 saturated carbocycles. The lowest BCUT2D eigenvalue weighted by Gasteiger charge is -2.16. The number of carbonyl (C=O) groups excluding carboxylic acids is 7. The van der Waals surface area contributed by atoms with Crippen LogP contribution in [0.4, 0.5) is 0 Å². The average molecular weight is 751 g/mol. The molecule has 6 atom stereocenters. The lowest BCUT2D eigenvalue weighted by molar-refractivity contribution is -0.176. The minimum Gasteiger partial charge on any atom is -0.479 e. The van der Waals surface area contributed by atoms with Crippen LogP contribution in [0.25, 0.3) is 0 Å². The summed E-state index contributed by atoms with van der Waals surface area (Å²) in [5.41, 5.74) is 1.68. The van der Waals surface area contributed by atoms with Crippen molar-refractivity contribution in [2.75, 3.05) is 0 Å². The molecule has 2 N–H and O–H groups in total.